The number of nitrogens with zero attached hydrogens (tertiary/aromatic N) is 3. The normalized spacial score (nSPS) is 15.3. The molecule has 3 rings (SSSR count). The molecular formula is C24H32ClN5O2S. The van der Waals surface area contributed by atoms with Crippen molar-refractivity contribution in [2.24, 2.45) is 5.92 Å². The lowest BCUT2D eigenvalue weighted by Gasteiger charge is -2.23. The molecule has 1 atom stereocenters. The average Bonchev–Trinajstić information content (AvgIpc) is 3.19. The lowest BCUT2D eigenvalue weighted by Crippen LogP contribution is -2.37. The molecule has 1 aromatic carbocycles. The standard InChI is InChI=1S/C24H32ClN5O2S/c1-4-14-30-22(21(16(2)3)27-23(32)18-12-8-9-13-19(18)25)28-29-24(30)33-15-20(31)26-17-10-6-5-7-11-17/h4,8-9,12-13,16-17,21H,1,5-7,10-11,14-15H2,2-3H3,(H,26,31)(H,27,32). The molecule has 1 unspecified atom stereocenters. The van der Waals surface area contributed by atoms with Gasteiger partial charge in [-0.15, -0.1) is 16.8 Å². The number of allylic oxidation sites excluding steroid dienone is 1. The van der Waals surface area contributed by atoms with Crippen LogP contribution in [0.5, 0.6) is 0 Å². The minimum Gasteiger partial charge on any atom is -0.353 e. The first-order chi connectivity index (χ1) is 15.9. The number of aromatic nitrogens is 3. The van der Waals surface area contributed by atoms with E-state index in [4.69, 9.17) is 11.6 Å². The van der Waals surface area contributed by atoms with Crippen LogP contribution in [-0.2, 0) is 11.3 Å². The first-order valence-electron chi connectivity index (χ1n) is 11.4. The summed E-state index contributed by atoms with van der Waals surface area (Å²) in [6, 6.07) is 6.83. The number of hydrogen-bond donors (Lipinski definition) is 2. The Morgan fingerprint density at radius 1 is 1.24 bits per heavy atom. The van der Waals surface area contributed by atoms with Gasteiger partial charge in [-0.1, -0.05) is 74.7 Å². The first-order valence-corrected chi connectivity index (χ1v) is 12.8. The minimum atomic E-state index is -0.383. The summed E-state index contributed by atoms with van der Waals surface area (Å²) in [5, 5.41) is 15.9. The van der Waals surface area contributed by atoms with Gasteiger partial charge in [-0.3, -0.25) is 9.59 Å². The number of nitrogens with one attached hydrogen (secondary N) is 2. The van der Waals surface area contributed by atoms with Crippen molar-refractivity contribution in [1.29, 1.82) is 0 Å². The van der Waals surface area contributed by atoms with Gasteiger partial charge in [0.05, 0.1) is 22.4 Å². The molecule has 0 aliphatic heterocycles. The van der Waals surface area contributed by atoms with Gasteiger partial charge in [0, 0.05) is 12.6 Å². The molecule has 0 bridgehead atoms. The third kappa shape index (κ3) is 6.84. The van der Waals surface area contributed by atoms with Gasteiger partial charge in [0.2, 0.25) is 5.91 Å². The molecule has 1 heterocycles. The van der Waals surface area contributed by atoms with Gasteiger partial charge >= 0.3 is 0 Å². The van der Waals surface area contributed by atoms with Crippen molar-refractivity contribution in [2.45, 2.75) is 69.7 Å². The number of rotatable bonds is 10. The SMILES string of the molecule is C=CCn1c(SCC(=O)NC2CCCCC2)nnc1C(NC(=O)c1ccccc1Cl)C(C)C. The molecule has 2 N–H and O–H groups in total. The molecule has 1 fully saturated rings. The monoisotopic (exact) mass is 489 g/mol. The number of amides is 2. The maximum absolute atomic E-state index is 12.9. The molecule has 0 saturated heterocycles. The second-order valence-corrected chi connectivity index (χ2v) is 9.96. The molecule has 1 aliphatic carbocycles. The highest BCUT2D eigenvalue weighted by atomic mass is 35.5. The molecule has 7 nitrogen and oxygen atoms in total. The number of halogens is 1. The topological polar surface area (TPSA) is 88.9 Å². The minimum absolute atomic E-state index is 0.00837. The van der Waals surface area contributed by atoms with E-state index in [-0.39, 0.29) is 35.6 Å². The lowest BCUT2D eigenvalue weighted by molar-refractivity contribution is -0.119. The van der Waals surface area contributed by atoms with Crippen molar-refractivity contribution < 1.29 is 9.59 Å². The quantitative estimate of drug-likeness (QED) is 0.370. The predicted molar refractivity (Wildman–Crippen MR) is 132 cm³/mol. The predicted octanol–water partition coefficient (Wildman–Crippen LogP) is 4.79. The number of carbonyl (C=O) groups excluding carboxylic acids is 2. The molecule has 1 saturated carbocycles. The summed E-state index contributed by atoms with van der Waals surface area (Å²) in [4.78, 5) is 25.4. The Morgan fingerprint density at radius 2 is 1.97 bits per heavy atom. The van der Waals surface area contributed by atoms with Gasteiger partial charge in [0.1, 0.15) is 0 Å². The lowest BCUT2D eigenvalue weighted by atomic mass is 9.95. The van der Waals surface area contributed by atoms with E-state index in [2.05, 4.69) is 27.4 Å². The Labute approximate surface area is 204 Å². The summed E-state index contributed by atoms with van der Waals surface area (Å²) in [7, 11) is 0. The zero-order valence-corrected chi connectivity index (χ0v) is 20.8. The van der Waals surface area contributed by atoms with E-state index >= 15 is 0 Å². The number of thioether (sulfide) groups is 1. The summed E-state index contributed by atoms with van der Waals surface area (Å²) < 4.78 is 1.91. The van der Waals surface area contributed by atoms with Gasteiger partial charge in [-0.25, -0.2) is 0 Å². The zero-order valence-electron chi connectivity index (χ0n) is 19.2. The van der Waals surface area contributed by atoms with Crippen molar-refractivity contribution in [2.75, 3.05) is 5.75 Å². The summed E-state index contributed by atoms with van der Waals surface area (Å²) in [6.07, 6.45) is 7.45. The van der Waals surface area contributed by atoms with E-state index in [0.717, 1.165) is 12.8 Å². The molecule has 0 radical (unpaired) electrons. The molecule has 33 heavy (non-hydrogen) atoms. The smallest absolute Gasteiger partial charge is 0.253 e. The summed E-state index contributed by atoms with van der Waals surface area (Å²) in [5.74, 6) is 0.684. The Kier molecular flexibility index (Phi) is 9.38. The van der Waals surface area contributed by atoms with Crippen LogP contribution in [0.2, 0.25) is 5.02 Å². The van der Waals surface area contributed by atoms with Crippen LogP contribution in [0.4, 0.5) is 0 Å². The molecule has 1 aromatic heterocycles. The highest BCUT2D eigenvalue weighted by Gasteiger charge is 2.27. The highest BCUT2D eigenvalue weighted by Crippen LogP contribution is 2.26. The van der Waals surface area contributed by atoms with Crippen LogP contribution in [0.15, 0.2) is 42.1 Å². The summed E-state index contributed by atoms with van der Waals surface area (Å²) in [5.41, 5.74) is 0.411. The van der Waals surface area contributed by atoms with Crippen LogP contribution in [0.25, 0.3) is 0 Å². The van der Waals surface area contributed by atoms with Crippen molar-refractivity contribution >= 4 is 35.2 Å². The molecule has 9 heteroatoms. The summed E-state index contributed by atoms with van der Waals surface area (Å²) in [6.45, 7) is 8.33. The van der Waals surface area contributed by atoms with Crippen LogP contribution in [0.1, 0.15) is 68.2 Å². The van der Waals surface area contributed by atoms with Crippen LogP contribution in [0, 0.1) is 5.92 Å². The fourth-order valence-corrected chi connectivity index (χ4v) is 4.97. The Balaban J connectivity index is 1.72. The van der Waals surface area contributed by atoms with Crippen LogP contribution in [-0.4, -0.2) is 38.4 Å². The molecular weight excluding hydrogens is 458 g/mol. The second-order valence-electron chi connectivity index (χ2n) is 8.61. The third-order valence-electron chi connectivity index (χ3n) is 5.71. The van der Waals surface area contributed by atoms with Crippen molar-refractivity contribution in [3.05, 3.63) is 53.3 Å². The van der Waals surface area contributed by atoms with Gasteiger partial charge < -0.3 is 15.2 Å². The van der Waals surface area contributed by atoms with E-state index < -0.39 is 0 Å². The van der Waals surface area contributed by atoms with E-state index in [0.29, 0.717) is 28.1 Å². The van der Waals surface area contributed by atoms with Crippen molar-refractivity contribution in [3.8, 4) is 0 Å². The number of benzene rings is 1. The Morgan fingerprint density at radius 3 is 2.64 bits per heavy atom. The molecule has 2 amide bonds. The molecule has 1 aliphatic rings. The van der Waals surface area contributed by atoms with Gasteiger partial charge in [0.25, 0.3) is 5.91 Å². The average molecular weight is 490 g/mol. The zero-order chi connectivity index (χ0) is 23.8. The van der Waals surface area contributed by atoms with Gasteiger partial charge in [0.15, 0.2) is 11.0 Å². The highest BCUT2D eigenvalue weighted by molar-refractivity contribution is 7.99. The summed E-state index contributed by atoms with van der Waals surface area (Å²) >= 11 is 7.55. The fourth-order valence-electron chi connectivity index (χ4n) is 3.98. The van der Waals surface area contributed by atoms with Crippen LogP contribution in [0.3, 0.4) is 0 Å². The van der Waals surface area contributed by atoms with E-state index in [1.807, 2.05) is 18.4 Å². The molecule has 0 spiro atoms. The van der Waals surface area contributed by atoms with E-state index in [9.17, 15) is 9.59 Å². The first kappa shape index (κ1) is 25.3. The van der Waals surface area contributed by atoms with Gasteiger partial charge in [-0.2, -0.15) is 0 Å². The van der Waals surface area contributed by atoms with Crippen molar-refractivity contribution in [3.63, 3.8) is 0 Å². The van der Waals surface area contributed by atoms with Crippen LogP contribution < -0.4 is 10.6 Å². The van der Waals surface area contributed by atoms with E-state index in [1.54, 1.807) is 30.3 Å². The Bertz CT molecular complexity index is 972. The largest absolute Gasteiger partial charge is 0.353 e. The fraction of sp³-hybridized carbons (Fsp3) is 0.500. The Hall–Kier alpha value is -2.32. The van der Waals surface area contributed by atoms with Crippen molar-refractivity contribution in [1.82, 2.24) is 25.4 Å². The molecule has 178 valence electrons. The van der Waals surface area contributed by atoms with E-state index in [1.165, 1.54) is 31.0 Å². The second kappa shape index (κ2) is 12.2. The maximum atomic E-state index is 12.9. The number of carbonyl (C=O) groups is 2. The molecule has 2 aromatic rings. The van der Waals surface area contributed by atoms with Crippen LogP contribution >= 0.6 is 23.4 Å². The number of hydrogen-bond acceptors (Lipinski definition) is 5. The van der Waals surface area contributed by atoms with Gasteiger partial charge in [-0.05, 0) is 30.9 Å². The maximum Gasteiger partial charge on any atom is 0.253 e. The third-order valence-corrected chi connectivity index (χ3v) is 7.01.